The Balaban J connectivity index is 2.30. The fourth-order valence-electron chi connectivity index (χ4n) is 1.71. The van der Waals surface area contributed by atoms with Crippen molar-refractivity contribution in [2.45, 2.75) is 6.92 Å². The summed E-state index contributed by atoms with van der Waals surface area (Å²) in [5, 5.41) is 9.47. The van der Waals surface area contributed by atoms with Gasteiger partial charge in [0.15, 0.2) is 11.5 Å². The van der Waals surface area contributed by atoms with Crippen molar-refractivity contribution in [3.05, 3.63) is 42.0 Å². The van der Waals surface area contributed by atoms with Crippen LogP contribution < -0.4 is 14.2 Å². The normalized spacial score (nSPS) is 10.1. The van der Waals surface area contributed by atoms with Crippen molar-refractivity contribution in [1.82, 2.24) is 0 Å². The summed E-state index contributed by atoms with van der Waals surface area (Å²) in [6.45, 7) is 1.91. The highest BCUT2D eigenvalue weighted by molar-refractivity contribution is 5.48. The first-order valence-corrected chi connectivity index (χ1v) is 5.83. The third-order valence-corrected chi connectivity index (χ3v) is 2.75. The molecule has 0 unspecified atom stereocenters. The van der Waals surface area contributed by atoms with Gasteiger partial charge in [0.25, 0.3) is 0 Å². The molecule has 4 heteroatoms. The topological polar surface area (TPSA) is 47.9 Å². The molecular formula is C15H16O4. The van der Waals surface area contributed by atoms with Gasteiger partial charge in [0.2, 0.25) is 0 Å². The van der Waals surface area contributed by atoms with Gasteiger partial charge in [-0.05, 0) is 30.7 Å². The number of methoxy groups -OCH3 is 2. The molecule has 1 N–H and O–H groups in total. The molecule has 4 nitrogen and oxygen atoms in total. The lowest BCUT2D eigenvalue weighted by atomic mass is 10.2. The Bertz CT molecular complexity index is 578. The summed E-state index contributed by atoms with van der Waals surface area (Å²) < 4.78 is 16.1. The van der Waals surface area contributed by atoms with Crippen LogP contribution >= 0.6 is 0 Å². The van der Waals surface area contributed by atoms with Crippen LogP contribution in [0.1, 0.15) is 5.56 Å². The number of aromatic hydroxyl groups is 1. The Morgan fingerprint density at radius 1 is 0.842 bits per heavy atom. The Morgan fingerprint density at radius 2 is 1.58 bits per heavy atom. The number of hydrogen-bond donors (Lipinski definition) is 1. The molecule has 2 aromatic carbocycles. The van der Waals surface area contributed by atoms with E-state index in [0.29, 0.717) is 23.0 Å². The molecule has 0 radical (unpaired) electrons. The highest BCUT2D eigenvalue weighted by Gasteiger charge is 2.08. The van der Waals surface area contributed by atoms with Gasteiger partial charge >= 0.3 is 0 Å². The summed E-state index contributed by atoms with van der Waals surface area (Å²) in [4.78, 5) is 0. The zero-order chi connectivity index (χ0) is 13.8. The minimum absolute atomic E-state index is 0.168. The molecule has 0 saturated heterocycles. The lowest BCUT2D eigenvalue weighted by Gasteiger charge is -2.12. The zero-order valence-electron chi connectivity index (χ0n) is 11.1. The highest BCUT2D eigenvalue weighted by Crippen LogP contribution is 2.34. The number of benzene rings is 2. The van der Waals surface area contributed by atoms with E-state index in [4.69, 9.17) is 14.2 Å². The fraction of sp³-hybridized carbons (Fsp3) is 0.200. The van der Waals surface area contributed by atoms with Crippen LogP contribution in [0.25, 0.3) is 0 Å². The minimum atomic E-state index is 0.168. The minimum Gasteiger partial charge on any atom is -0.508 e. The van der Waals surface area contributed by atoms with Crippen LogP contribution in [0, 0.1) is 6.92 Å². The van der Waals surface area contributed by atoms with Crippen molar-refractivity contribution in [1.29, 1.82) is 0 Å². The predicted molar refractivity (Wildman–Crippen MR) is 72.5 cm³/mol. The highest BCUT2D eigenvalue weighted by atomic mass is 16.5. The Morgan fingerprint density at radius 3 is 2.26 bits per heavy atom. The van der Waals surface area contributed by atoms with E-state index in [1.165, 1.54) is 0 Å². The third-order valence-electron chi connectivity index (χ3n) is 2.75. The van der Waals surface area contributed by atoms with Crippen LogP contribution in [-0.2, 0) is 0 Å². The molecular weight excluding hydrogens is 244 g/mol. The van der Waals surface area contributed by atoms with Crippen molar-refractivity contribution in [2.75, 3.05) is 14.2 Å². The standard InChI is InChI=1S/C15H16O4/c1-10-4-5-11(16)8-14(10)19-12-6-7-13(17-2)15(9-12)18-3/h4-9,16H,1-3H3. The molecule has 2 aromatic rings. The number of ether oxygens (including phenoxy) is 3. The van der Waals surface area contributed by atoms with E-state index in [2.05, 4.69) is 0 Å². The van der Waals surface area contributed by atoms with Gasteiger partial charge in [-0.1, -0.05) is 6.07 Å². The van der Waals surface area contributed by atoms with Crippen molar-refractivity contribution >= 4 is 0 Å². The van der Waals surface area contributed by atoms with Crippen molar-refractivity contribution in [3.63, 3.8) is 0 Å². The zero-order valence-corrected chi connectivity index (χ0v) is 11.1. The van der Waals surface area contributed by atoms with Gasteiger partial charge < -0.3 is 19.3 Å². The van der Waals surface area contributed by atoms with Gasteiger partial charge in [0.1, 0.15) is 17.2 Å². The van der Waals surface area contributed by atoms with Gasteiger partial charge in [-0.25, -0.2) is 0 Å². The van der Waals surface area contributed by atoms with E-state index in [1.807, 2.05) is 6.92 Å². The monoisotopic (exact) mass is 260 g/mol. The molecule has 0 fully saturated rings. The van der Waals surface area contributed by atoms with Crippen molar-refractivity contribution < 1.29 is 19.3 Å². The van der Waals surface area contributed by atoms with E-state index in [0.717, 1.165) is 5.56 Å². The van der Waals surface area contributed by atoms with Gasteiger partial charge in [0.05, 0.1) is 14.2 Å². The summed E-state index contributed by atoms with van der Waals surface area (Å²) in [5.74, 6) is 2.62. The first-order chi connectivity index (χ1) is 9.13. The SMILES string of the molecule is COc1ccc(Oc2cc(O)ccc2C)cc1OC. The number of phenolic OH excluding ortho intramolecular Hbond substituents is 1. The molecule has 19 heavy (non-hydrogen) atoms. The average Bonchev–Trinajstić information content (AvgIpc) is 2.42. The van der Waals surface area contributed by atoms with Gasteiger partial charge in [-0.3, -0.25) is 0 Å². The molecule has 0 aromatic heterocycles. The number of hydrogen-bond acceptors (Lipinski definition) is 4. The van der Waals surface area contributed by atoms with Crippen LogP contribution in [0.5, 0.6) is 28.7 Å². The third kappa shape index (κ3) is 2.91. The molecule has 0 aliphatic carbocycles. The van der Waals surface area contributed by atoms with Gasteiger partial charge in [-0.2, -0.15) is 0 Å². The summed E-state index contributed by atoms with van der Waals surface area (Å²) in [7, 11) is 3.15. The molecule has 0 bridgehead atoms. The summed E-state index contributed by atoms with van der Waals surface area (Å²) in [6, 6.07) is 10.3. The van der Waals surface area contributed by atoms with E-state index in [1.54, 1.807) is 50.6 Å². The maximum absolute atomic E-state index is 9.47. The van der Waals surface area contributed by atoms with Crippen LogP contribution in [0.15, 0.2) is 36.4 Å². The number of aryl methyl sites for hydroxylation is 1. The molecule has 0 aliphatic rings. The van der Waals surface area contributed by atoms with Crippen LogP contribution in [0.4, 0.5) is 0 Å². The summed E-state index contributed by atoms with van der Waals surface area (Å²) >= 11 is 0. The molecule has 0 saturated carbocycles. The van der Waals surface area contributed by atoms with Crippen LogP contribution in [-0.4, -0.2) is 19.3 Å². The molecule has 0 aliphatic heterocycles. The molecule has 0 atom stereocenters. The molecule has 0 amide bonds. The van der Waals surface area contributed by atoms with Gasteiger partial charge in [-0.15, -0.1) is 0 Å². The maximum Gasteiger partial charge on any atom is 0.164 e. The number of rotatable bonds is 4. The second-order valence-electron chi connectivity index (χ2n) is 4.07. The second kappa shape index (κ2) is 5.52. The molecule has 2 rings (SSSR count). The fourth-order valence-corrected chi connectivity index (χ4v) is 1.71. The molecule has 0 spiro atoms. The largest absolute Gasteiger partial charge is 0.508 e. The molecule has 100 valence electrons. The van der Waals surface area contributed by atoms with E-state index in [9.17, 15) is 5.11 Å². The molecule has 0 heterocycles. The summed E-state index contributed by atoms with van der Waals surface area (Å²) in [6.07, 6.45) is 0. The average molecular weight is 260 g/mol. The maximum atomic E-state index is 9.47. The first kappa shape index (κ1) is 13.1. The lowest BCUT2D eigenvalue weighted by Crippen LogP contribution is -1.92. The summed E-state index contributed by atoms with van der Waals surface area (Å²) in [5.41, 5.74) is 0.938. The smallest absolute Gasteiger partial charge is 0.164 e. The van der Waals surface area contributed by atoms with Crippen molar-refractivity contribution in [3.8, 4) is 28.7 Å². The van der Waals surface area contributed by atoms with Gasteiger partial charge in [0, 0.05) is 12.1 Å². The Kier molecular flexibility index (Phi) is 3.80. The first-order valence-electron chi connectivity index (χ1n) is 5.83. The van der Waals surface area contributed by atoms with E-state index < -0.39 is 0 Å². The second-order valence-corrected chi connectivity index (χ2v) is 4.07. The Labute approximate surface area is 112 Å². The van der Waals surface area contributed by atoms with Crippen LogP contribution in [0.2, 0.25) is 0 Å². The number of phenols is 1. The quantitative estimate of drug-likeness (QED) is 0.913. The van der Waals surface area contributed by atoms with Crippen molar-refractivity contribution in [2.24, 2.45) is 0 Å². The van der Waals surface area contributed by atoms with E-state index >= 15 is 0 Å². The predicted octanol–water partition coefficient (Wildman–Crippen LogP) is 3.51. The lowest BCUT2D eigenvalue weighted by molar-refractivity contribution is 0.352. The van der Waals surface area contributed by atoms with Crippen LogP contribution in [0.3, 0.4) is 0 Å². The van der Waals surface area contributed by atoms with E-state index in [-0.39, 0.29) is 5.75 Å². The Hall–Kier alpha value is -2.36.